The molecule has 0 heterocycles. The van der Waals surface area contributed by atoms with Gasteiger partial charge in [-0.25, -0.2) is 4.79 Å². The van der Waals surface area contributed by atoms with Crippen LogP contribution in [0.3, 0.4) is 0 Å². The first kappa shape index (κ1) is 14.1. The quantitative estimate of drug-likeness (QED) is 0.899. The van der Waals surface area contributed by atoms with E-state index in [0.29, 0.717) is 11.5 Å². The average Bonchev–Trinajstić information content (AvgIpc) is 2.31. The molecule has 0 aliphatic rings. The van der Waals surface area contributed by atoms with Crippen LogP contribution in [0.25, 0.3) is 0 Å². The van der Waals surface area contributed by atoms with Gasteiger partial charge in [0.25, 0.3) is 0 Å². The largest absolute Gasteiger partial charge is 0.478 e. The van der Waals surface area contributed by atoms with E-state index in [1.165, 1.54) is 6.07 Å². The van der Waals surface area contributed by atoms with Gasteiger partial charge in [0.05, 0.1) is 0 Å². The normalized spacial score (nSPS) is 9.18. The van der Waals surface area contributed by atoms with Gasteiger partial charge in [-0.3, -0.25) is 0 Å². The Hall–Kier alpha value is -1.00. The van der Waals surface area contributed by atoms with Gasteiger partial charge in [-0.2, -0.15) is 0 Å². The fraction of sp³-hybridized carbons (Fsp3) is 0. The topological polar surface area (TPSA) is 46.5 Å². The molecule has 4 heteroatoms. The fourth-order valence-electron chi connectivity index (χ4n) is 1.35. The molecule has 0 amide bonds. The molecule has 1 N–H and O–H groups in total. The summed E-state index contributed by atoms with van der Waals surface area (Å²) in [5, 5.41) is 8.96. The standard InChI is InChI=1S/C13H10O3.Tb/c14-13(15)11-8-4-5-9-12(11)16-10-6-2-1-3-7-10;/h1-9H,(H,14,15);. The molecule has 2 aromatic carbocycles. The van der Waals surface area contributed by atoms with E-state index in [1.54, 1.807) is 30.3 Å². The van der Waals surface area contributed by atoms with Crippen LogP contribution in [0, 0.1) is 38.6 Å². The average molecular weight is 373 g/mol. The second-order valence-corrected chi connectivity index (χ2v) is 3.22. The molecule has 2 aromatic rings. The van der Waals surface area contributed by atoms with Crippen molar-refractivity contribution in [2.45, 2.75) is 0 Å². The summed E-state index contributed by atoms with van der Waals surface area (Å²) in [5.74, 6) is -0.0241. The maximum absolute atomic E-state index is 10.9. The van der Waals surface area contributed by atoms with Crippen LogP contribution in [0.1, 0.15) is 10.4 Å². The Bertz CT molecular complexity index is 497. The third-order valence-corrected chi connectivity index (χ3v) is 2.09. The van der Waals surface area contributed by atoms with Gasteiger partial charge in [0.2, 0.25) is 0 Å². The number of ether oxygens (including phenoxy) is 1. The van der Waals surface area contributed by atoms with Crippen molar-refractivity contribution in [1.29, 1.82) is 0 Å². The molecule has 1 radical (unpaired) electrons. The summed E-state index contributed by atoms with van der Waals surface area (Å²) in [5.41, 5.74) is 0.159. The molecular weight excluding hydrogens is 363 g/mol. The van der Waals surface area contributed by atoms with Crippen LogP contribution in [-0.4, -0.2) is 11.1 Å². The second kappa shape index (κ2) is 6.66. The molecule has 0 saturated carbocycles. The van der Waals surface area contributed by atoms with Crippen LogP contribution in [-0.2, 0) is 0 Å². The smallest absolute Gasteiger partial charge is 0.339 e. The van der Waals surface area contributed by atoms with Crippen LogP contribution >= 0.6 is 0 Å². The van der Waals surface area contributed by atoms with Gasteiger partial charge in [0.1, 0.15) is 17.1 Å². The monoisotopic (exact) mass is 373 g/mol. The molecule has 3 nitrogen and oxygen atoms in total. The fourth-order valence-corrected chi connectivity index (χ4v) is 1.35. The zero-order valence-corrected chi connectivity index (χ0v) is 10.9. The van der Waals surface area contributed by atoms with Crippen molar-refractivity contribution in [3.63, 3.8) is 0 Å². The van der Waals surface area contributed by atoms with E-state index >= 15 is 0 Å². The van der Waals surface area contributed by atoms with Gasteiger partial charge in [0, 0.05) is 38.6 Å². The van der Waals surface area contributed by atoms with Crippen molar-refractivity contribution in [2.24, 2.45) is 0 Å². The Morgan fingerprint density at radius 2 is 1.53 bits per heavy atom. The summed E-state index contributed by atoms with van der Waals surface area (Å²) in [4.78, 5) is 10.9. The van der Waals surface area contributed by atoms with E-state index in [4.69, 9.17) is 9.84 Å². The summed E-state index contributed by atoms with van der Waals surface area (Å²) < 4.78 is 5.49. The predicted octanol–water partition coefficient (Wildman–Crippen LogP) is 3.18. The minimum absolute atomic E-state index is 0. The number of carboxylic acids is 1. The molecule has 0 aliphatic carbocycles. The summed E-state index contributed by atoms with van der Waals surface area (Å²) in [6.45, 7) is 0. The molecule has 89 valence electrons. The van der Waals surface area contributed by atoms with Crippen LogP contribution in [0.5, 0.6) is 11.5 Å². The molecule has 0 atom stereocenters. The van der Waals surface area contributed by atoms with E-state index in [9.17, 15) is 4.79 Å². The van der Waals surface area contributed by atoms with Crippen LogP contribution in [0.2, 0.25) is 0 Å². The molecule has 17 heavy (non-hydrogen) atoms. The number of benzene rings is 2. The summed E-state index contributed by atoms with van der Waals surface area (Å²) in [6.07, 6.45) is 0. The minimum Gasteiger partial charge on any atom is -0.478 e. The molecule has 2 rings (SSSR count). The van der Waals surface area contributed by atoms with Gasteiger partial charge in [-0.05, 0) is 24.3 Å². The first-order chi connectivity index (χ1) is 7.77. The Morgan fingerprint density at radius 3 is 2.18 bits per heavy atom. The maximum atomic E-state index is 10.9. The van der Waals surface area contributed by atoms with Crippen molar-refractivity contribution in [3.8, 4) is 11.5 Å². The summed E-state index contributed by atoms with van der Waals surface area (Å²) in [6, 6.07) is 15.6. The van der Waals surface area contributed by atoms with Crippen LogP contribution in [0.15, 0.2) is 54.6 Å². The number of hydrogen-bond donors (Lipinski definition) is 1. The van der Waals surface area contributed by atoms with Gasteiger partial charge >= 0.3 is 5.97 Å². The van der Waals surface area contributed by atoms with Gasteiger partial charge in [0.15, 0.2) is 0 Å². The van der Waals surface area contributed by atoms with E-state index in [0.717, 1.165) is 0 Å². The van der Waals surface area contributed by atoms with Crippen LogP contribution in [0.4, 0.5) is 0 Å². The van der Waals surface area contributed by atoms with E-state index < -0.39 is 5.97 Å². The van der Waals surface area contributed by atoms with Crippen molar-refractivity contribution in [3.05, 3.63) is 60.2 Å². The van der Waals surface area contributed by atoms with Crippen LogP contribution < -0.4 is 4.74 Å². The van der Waals surface area contributed by atoms with E-state index in [-0.39, 0.29) is 44.2 Å². The Kier molecular flexibility index (Phi) is 5.51. The van der Waals surface area contributed by atoms with Gasteiger partial charge < -0.3 is 9.84 Å². The van der Waals surface area contributed by atoms with Gasteiger partial charge in [-0.1, -0.05) is 30.3 Å². The number of para-hydroxylation sites is 2. The summed E-state index contributed by atoms with van der Waals surface area (Å²) >= 11 is 0. The Balaban J connectivity index is 0.00000144. The Labute approximate surface area is 130 Å². The van der Waals surface area contributed by atoms with Gasteiger partial charge in [-0.15, -0.1) is 0 Å². The number of aromatic carboxylic acids is 1. The number of carbonyl (C=O) groups is 1. The minimum atomic E-state index is -0.994. The van der Waals surface area contributed by atoms with Crippen molar-refractivity contribution in [1.82, 2.24) is 0 Å². The molecule has 0 spiro atoms. The third-order valence-electron chi connectivity index (χ3n) is 2.09. The first-order valence-electron chi connectivity index (χ1n) is 4.82. The third kappa shape index (κ3) is 3.75. The molecule has 0 unspecified atom stereocenters. The maximum Gasteiger partial charge on any atom is 0.339 e. The molecule has 0 bridgehead atoms. The molecule has 0 aromatic heterocycles. The van der Waals surface area contributed by atoms with Crippen molar-refractivity contribution < 1.29 is 53.2 Å². The number of hydrogen-bond acceptors (Lipinski definition) is 2. The molecule has 0 aliphatic heterocycles. The van der Waals surface area contributed by atoms with Crippen molar-refractivity contribution in [2.75, 3.05) is 0 Å². The van der Waals surface area contributed by atoms with Crippen molar-refractivity contribution >= 4 is 5.97 Å². The van der Waals surface area contributed by atoms with E-state index in [2.05, 4.69) is 0 Å². The second-order valence-electron chi connectivity index (χ2n) is 3.22. The number of carboxylic acid groups (broad SMARTS) is 1. The predicted molar refractivity (Wildman–Crippen MR) is 59.9 cm³/mol. The summed E-state index contributed by atoms with van der Waals surface area (Å²) in [7, 11) is 0. The molecular formula is C13H10O3Tb. The number of rotatable bonds is 3. The first-order valence-corrected chi connectivity index (χ1v) is 4.82. The van der Waals surface area contributed by atoms with E-state index in [1.807, 2.05) is 18.2 Å². The Morgan fingerprint density at radius 1 is 0.941 bits per heavy atom. The molecule has 0 fully saturated rings. The zero-order valence-electron chi connectivity index (χ0n) is 8.79. The SMILES string of the molecule is O=C(O)c1ccccc1Oc1ccccc1.[Tb]. The molecule has 0 saturated heterocycles. The zero-order chi connectivity index (χ0) is 11.4.